The lowest BCUT2D eigenvalue weighted by Gasteiger charge is -2.08. The third-order valence-electron chi connectivity index (χ3n) is 3.24. The Morgan fingerprint density at radius 2 is 1.93 bits per heavy atom. The summed E-state index contributed by atoms with van der Waals surface area (Å²) >= 11 is 0. The number of carbonyl (C=O) groups excluding carboxylic acids is 1. The molecule has 0 bridgehead atoms. The predicted octanol–water partition coefficient (Wildman–Crippen LogP) is 2.00. The molecule has 8 nitrogen and oxygen atoms in total. The molecule has 2 aromatic carbocycles. The first-order valence-corrected chi connectivity index (χ1v) is 7.79. The van der Waals surface area contributed by atoms with Gasteiger partial charge in [-0.15, -0.1) is 0 Å². The number of hydrogen-bond acceptors (Lipinski definition) is 7. The molecule has 0 atom stereocenters. The second-order valence-corrected chi connectivity index (χ2v) is 5.08. The second-order valence-electron chi connectivity index (χ2n) is 5.08. The first-order chi connectivity index (χ1) is 13.2. The number of amides is 1. The highest BCUT2D eigenvalue weighted by Crippen LogP contribution is 2.27. The Morgan fingerprint density at radius 1 is 1.15 bits per heavy atom. The Hall–Kier alpha value is -4.04. The largest absolute Gasteiger partial charge is 0.493 e. The first kappa shape index (κ1) is 19.3. The van der Waals surface area contributed by atoms with Gasteiger partial charge in [0, 0.05) is 0 Å². The topological polar surface area (TPSA) is 117 Å². The van der Waals surface area contributed by atoms with Crippen LogP contribution < -0.4 is 19.6 Å². The fourth-order valence-corrected chi connectivity index (χ4v) is 1.98. The van der Waals surface area contributed by atoms with Crippen molar-refractivity contribution in [2.45, 2.75) is 0 Å². The quantitative estimate of drug-likeness (QED) is 0.565. The van der Waals surface area contributed by atoms with Crippen molar-refractivity contribution in [1.29, 1.82) is 10.5 Å². The van der Waals surface area contributed by atoms with E-state index in [-0.39, 0.29) is 13.2 Å². The molecule has 0 heterocycles. The van der Waals surface area contributed by atoms with Crippen LogP contribution >= 0.6 is 0 Å². The minimum absolute atomic E-state index is 0.0842. The van der Waals surface area contributed by atoms with Gasteiger partial charge in [0.15, 0.2) is 24.7 Å². The summed E-state index contributed by atoms with van der Waals surface area (Å²) in [6.07, 6.45) is 1.44. The fraction of sp³-hybridized carbons (Fsp3) is 0.158. The minimum Gasteiger partial charge on any atom is -0.493 e. The number of carbonyl (C=O) groups is 1. The van der Waals surface area contributed by atoms with E-state index in [0.29, 0.717) is 28.4 Å². The number of hydrazone groups is 1. The van der Waals surface area contributed by atoms with Crippen LogP contribution in [0.2, 0.25) is 0 Å². The Bertz CT molecular complexity index is 895. The average Bonchev–Trinajstić information content (AvgIpc) is 2.71. The molecule has 2 rings (SSSR count). The summed E-state index contributed by atoms with van der Waals surface area (Å²) in [7, 11) is 1.48. The molecular weight excluding hydrogens is 348 g/mol. The van der Waals surface area contributed by atoms with Gasteiger partial charge < -0.3 is 14.2 Å². The maximum absolute atomic E-state index is 11.7. The van der Waals surface area contributed by atoms with Crippen LogP contribution in [0, 0.1) is 22.7 Å². The van der Waals surface area contributed by atoms with E-state index in [9.17, 15) is 4.79 Å². The summed E-state index contributed by atoms with van der Waals surface area (Å²) < 4.78 is 15.7. The van der Waals surface area contributed by atoms with Crippen LogP contribution in [0.25, 0.3) is 0 Å². The number of methoxy groups -OCH3 is 1. The highest BCUT2D eigenvalue weighted by molar-refractivity contribution is 5.83. The van der Waals surface area contributed by atoms with Gasteiger partial charge in [0.25, 0.3) is 5.91 Å². The lowest BCUT2D eigenvalue weighted by molar-refractivity contribution is -0.123. The molecule has 8 heteroatoms. The van der Waals surface area contributed by atoms with Gasteiger partial charge in [0.1, 0.15) is 11.8 Å². The number of rotatable bonds is 8. The van der Waals surface area contributed by atoms with Crippen LogP contribution in [-0.2, 0) is 4.79 Å². The van der Waals surface area contributed by atoms with E-state index < -0.39 is 5.91 Å². The van der Waals surface area contributed by atoms with Gasteiger partial charge in [0.2, 0.25) is 0 Å². The lowest BCUT2D eigenvalue weighted by atomic mass is 10.2. The fourth-order valence-electron chi connectivity index (χ4n) is 1.98. The molecule has 0 spiro atoms. The van der Waals surface area contributed by atoms with Gasteiger partial charge in [-0.2, -0.15) is 15.6 Å². The monoisotopic (exact) mass is 364 g/mol. The lowest BCUT2D eigenvalue weighted by Crippen LogP contribution is -2.24. The van der Waals surface area contributed by atoms with Crippen molar-refractivity contribution in [3.8, 4) is 29.4 Å². The molecule has 1 N–H and O–H groups in total. The third kappa shape index (κ3) is 6.07. The summed E-state index contributed by atoms with van der Waals surface area (Å²) in [5, 5.41) is 21.1. The molecule has 0 saturated heterocycles. The highest BCUT2D eigenvalue weighted by Gasteiger charge is 2.05. The van der Waals surface area contributed by atoms with Gasteiger partial charge >= 0.3 is 0 Å². The van der Waals surface area contributed by atoms with Crippen molar-refractivity contribution in [3.05, 3.63) is 53.6 Å². The van der Waals surface area contributed by atoms with Crippen LogP contribution in [0.15, 0.2) is 47.6 Å². The van der Waals surface area contributed by atoms with Crippen molar-refractivity contribution in [1.82, 2.24) is 5.43 Å². The Labute approximate surface area is 156 Å². The average molecular weight is 364 g/mol. The van der Waals surface area contributed by atoms with E-state index in [4.69, 9.17) is 24.7 Å². The molecule has 0 saturated carbocycles. The summed E-state index contributed by atoms with van der Waals surface area (Å²) in [6.45, 7) is -0.299. The normalized spacial score (nSPS) is 9.89. The van der Waals surface area contributed by atoms with Gasteiger partial charge in [-0.25, -0.2) is 5.43 Å². The maximum Gasteiger partial charge on any atom is 0.277 e. The Morgan fingerprint density at radius 3 is 2.59 bits per heavy atom. The zero-order valence-electron chi connectivity index (χ0n) is 14.5. The summed E-state index contributed by atoms with van der Waals surface area (Å²) in [5.41, 5.74) is 3.53. The van der Waals surface area contributed by atoms with Crippen molar-refractivity contribution < 1.29 is 19.0 Å². The predicted molar refractivity (Wildman–Crippen MR) is 96.5 cm³/mol. The molecule has 0 unspecified atom stereocenters. The first-order valence-electron chi connectivity index (χ1n) is 7.79. The van der Waals surface area contributed by atoms with Gasteiger partial charge in [-0.3, -0.25) is 4.79 Å². The van der Waals surface area contributed by atoms with Crippen molar-refractivity contribution in [2.75, 3.05) is 20.3 Å². The molecule has 0 radical (unpaired) electrons. The molecule has 0 aromatic heterocycles. The number of nitriles is 2. The van der Waals surface area contributed by atoms with E-state index in [2.05, 4.69) is 10.5 Å². The van der Waals surface area contributed by atoms with E-state index in [1.165, 1.54) is 13.3 Å². The molecule has 0 fully saturated rings. The standard InChI is InChI=1S/C19H16N4O4/c1-25-18-10-15(4-7-17(18)26-9-8-20)12-22-23-19(24)13-27-16-5-2-14(11-21)3-6-16/h2-7,10,12H,9,13H2,1H3,(H,23,24)/b22-12-. The van der Waals surface area contributed by atoms with Crippen molar-refractivity contribution in [3.63, 3.8) is 0 Å². The second kappa shape index (κ2) is 10.1. The number of nitrogens with zero attached hydrogens (tertiary/aromatic N) is 3. The molecule has 2 aromatic rings. The van der Waals surface area contributed by atoms with E-state index in [0.717, 1.165) is 0 Å². The zero-order chi connectivity index (χ0) is 19.5. The molecule has 27 heavy (non-hydrogen) atoms. The SMILES string of the molecule is COc1cc(/C=N\NC(=O)COc2ccc(C#N)cc2)ccc1OCC#N. The maximum atomic E-state index is 11.7. The molecule has 136 valence electrons. The Balaban J connectivity index is 1.85. The molecule has 0 aliphatic carbocycles. The molecular formula is C19H16N4O4. The van der Waals surface area contributed by atoms with E-state index >= 15 is 0 Å². The minimum atomic E-state index is -0.434. The molecule has 1 amide bonds. The number of nitrogens with one attached hydrogen (secondary N) is 1. The highest BCUT2D eigenvalue weighted by atomic mass is 16.5. The summed E-state index contributed by atoms with van der Waals surface area (Å²) in [5.74, 6) is 0.933. The number of benzene rings is 2. The van der Waals surface area contributed by atoms with Gasteiger partial charge in [-0.1, -0.05) is 0 Å². The van der Waals surface area contributed by atoms with Crippen molar-refractivity contribution >= 4 is 12.1 Å². The van der Waals surface area contributed by atoms with Crippen LogP contribution in [0.4, 0.5) is 0 Å². The number of ether oxygens (including phenoxy) is 3. The van der Waals surface area contributed by atoms with Crippen LogP contribution in [-0.4, -0.2) is 32.4 Å². The summed E-state index contributed by atoms with van der Waals surface area (Å²) in [4.78, 5) is 11.7. The van der Waals surface area contributed by atoms with Crippen LogP contribution in [0.5, 0.6) is 17.2 Å². The zero-order valence-corrected chi connectivity index (χ0v) is 14.5. The Kier molecular flexibility index (Phi) is 7.19. The van der Waals surface area contributed by atoms with E-state index in [1.54, 1.807) is 42.5 Å². The van der Waals surface area contributed by atoms with E-state index in [1.807, 2.05) is 12.1 Å². The van der Waals surface area contributed by atoms with Crippen LogP contribution in [0.1, 0.15) is 11.1 Å². The third-order valence-corrected chi connectivity index (χ3v) is 3.24. The van der Waals surface area contributed by atoms with Crippen LogP contribution in [0.3, 0.4) is 0 Å². The van der Waals surface area contributed by atoms with Crippen molar-refractivity contribution in [2.24, 2.45) is 5.10 Å². The van der Waals surface area contributed by atoms with Gasteiger partial charge in [-0.05, 0) is 48.0 Å². The molecule has 0 aliphatic rings. The smallest absolute Gasteiger partial charge is 0.277 e. The summed E-state index contributed by atoms with van der Waals surface area (Å²) in [6, 6.07) is 15.3. The number of hydrogen-bond donors (Lipinski definition) is 1. The van der Waals surface area contributed by atoms with Gasteiger partial charge in [0.05, 0.1) is 25.0 Å². The molecule has 0 aliphatic heterocycles.